The molecule has 3 rings (SSSR count). The Hall–Kier alpha value is -3.48. The van der Waals surface area contributed by atoms with E-state index in [1.165, 1.54) is 31.3 Å². The lowest BCUT2D eigenvalue weighted by Gasteiger charge is -2.11. The second-order valence-corrected chi connectivity index (χ2v) is 6.63. The maximum atomic E-state index is 12.6. The van der Waals surface area contributed by atoms with Crippen molar-refractivity contribution in [3.63, 3.8) is 0 Å². The van der Waals surface area contributed by atoms with E-state index < -0.39 is 16.7 Å². The second kappa shape index (κ2) is 7.03. The molecule has 0 spiro atoms. The Morgan fingerprint density at radius 1 is 0.963 bits per heavy atom. The molecule has 0 radical (unpaired) electrons. The standard InChI is InChI=1S/C20H19N3O4/c1-12(2)13-4-8-15(9-5-13)21-18-17(19(24)22(3)20(18)25)14-6-10-16(11-7-14)23(26)27/h4-12,21H,1-3H3. The minimum atomic E-state index is -0.513. The molecule has 7 nitrogen and oxygen atoms in total. The normalized spacial score (nSPS) is 14.3. The maximum Gasteiger partial charge on any atom is 0.277 e. The monoisotopic (exact) mass is 365 g/mol. The molecule has 1 N–H and O–H groups in total. The van der Waals surface area contributed by atoms with E-state index in [9.17, 15) is 19.7 Å². The minimum Gasteiger partial charge on any atom is -0.350 e. The Morgan fingerprint density at radius 2 is 1.56 bits per heavy atom. The number of benzene rings is 2. The lowest BCUT2D eigenvalue weighted by molar-refractivity contribution is -0.384. The van der Waals surface area contributed by atoms with Crippen LogP contribution >= 0.6 is 0 Å². The van der Waals surface area contributed by atoms with Gasteiger partial charge in [-0.05, 0) is 41.3 Å². The van der Waals surface area contributed by atoms with Gasteiger partial charge in [0, 0.05) is 24.9 Å². The summed E-state index contributed by atoms with van der Waals surface area (Å²) in [4.78, 5) is 36.4. The number of nitrogens with zero attached hydrogens (tertiary/aromatic N) is 2. The molecule has 1 aliphatic rings. The summed E-state index contributed by atoms with van der Waals surface area (Å²) in [7, 11) is 1.41. The van der Waals surface area contributed by atoms with E-state index in [1.54, 1.807) is 0 Å². The topological polar surface area (TPSA) is 92.6 Å². The smallest absolute Gasteiger partial charge is 0.277 e. The molecular formula is C20H19N3O4. The summed E-state index contributed by atoms with van der Waals surface area (Å²) in [5.74, 6) is -0.508. The van der Waals surface area contributed by atoms with Crippen LogP contribution in [0.25, 0.3) is 5.57 Å². The Labute approximate surface area is 156 Å². The molecule has 2 amide bonds. The van der Waals surface area contributed by atoms with Crippen molar-refractivity contribution < 1.29 is 14.5 Å². The molecule has 1 heterocycles. The van der Waals surface area contributed by atoms with Crippen LogP contribution in [0.1, 0.15) is 30.9 Å². The fraction of sp³-hybridized carbons (Fsp3) is 0.200. The highest BCUT2D eigenvalue weighted by molar-refractivity contribution is 6.36. The van der Waals surface area contributed by atoms with Crippen LogP contribution in [-0.4, -0.2) is 28.7 Å². The summed E-state index contributed by atoms with van der Waals surface area (Å²) < 4.78 is 0. The fourth-order valence-electron chi connectivity index (χ4n) is 2.87. The van der Waals surface area contributed by atoms with Gasteiger partial charge in [0.2, 0.25) is 0 Å². The SMILES string of the molecule is CC(C)c1ccc(NC2=C(c3ccc([N+](=O)[O-])cc3)C(=O)N(C)C2=O)cc1. The highest BCUT2D eigenvalue weighted by atomic mass is 16.6. The summed E-state index contributed by atoms with van der Waals surface area (Å²) in [6, 6.07) is 13.2. The van der Waals surface area contributed by atoms with Crippen LogP contribution in [0.2, 0.25) is 0 Å². The zero-order valence-corrected chi connectivity index (χ0v) is 15.2. The molecule has 7 heteroatoms. The van der Waals surface area contributed by atoms with E-state index in [4.69, 9.17) is 0 Å². The number of carbonyl (C=O) groups is 2. The Kier molecular flexibility index (Phi) is 4.77. The summed E-state index contributed by atoms with van der Waals surface area (Å²) in [5.41, 5.74) is 2.58. The molecule has 1 aliphatic heterocycles. The van der Waals surface area contributed by atoms with Gasteiger partial charge in [-0.15, -0.1) is 0 Å². The molecule has 0 saturated heterocycles. The Morgan fingerprint density at radius 3 is 2.07 bits per heavy atom. The number of non-ortho nitro benzene ring substituents is 1. The first-order valence-electron chi connectivity index (χ1n) is 8.48. The van der Waals surface area contributed by atoms with Crippen LogP contribution in [0, 0.1) is 10.1 Å². The number of nitrogens with one attached hydrogen (secondary N) is 1. The Balaban J connectivity index is 2.00. The zero-order valence-electron chi connectivity index (χ0n) is 15.2. The van der Waals surface area contributed by atoms with Crippen LogP contribution in [0.15, 0.2) is 54.2 Å². The van der Waals surface area contributed by atoms with E-state index in [0.29, 0.717) is 17.2 Å². The predicted octanol–water partition coefficient (Wildman–Crippen LogP) is 3.54. The van der Waals surface area contributed by atoms with Gasteiger partial charge in [-0.25, -0.2) is 0 Å². The minimum absolute atomic E-state index is 0.0803. The number of imide groups is 1. The van der Waals surface area contributed by atoms with Crippen molar-refractivity contribution in [1.82, 2.24) is 4.90 Å². The van der Waals surface area contributed by atoms with Crippen LogP contribution in [0.4, 0.5) is 11.4 Å². The molecule has 0 unspecified atom stereocenters. The summed E-state index contributed by atoms with van der Waals surface area (Å²) in [5, 5.41) is 13.9. The fourth-order valence-corrected chi connectivity index (χ4v) is 2.87. The van der Waals surface area contributed by atoms with Gasteiger partial charge in [-0.1, -0.05) is 26.0 Å². The molecule has 2 aromatic carbocycles. The van der Waals surface area contributed by atoms with E-state index in [0.717, 1.165) is 10.5 Å². The molecule has 2 aromatic rings. The molecule has 0 atom stereocenters. The third-order valence-electron chi connectivity index (χ3n) is 4.50. The zero-order chi connectivity index (χ0) is 19.7. The summed E-state index contributed by atoms with van der Waals surface area (Å²) in [6.07, 6.45) is 0. The molecule has 0 fully saturated rings. The van der Waals surface area contributed by atoms with Gasteiger partial charge in [-0.2, -0.15) is 0 Å². The second-order valence-electron chi connectivity index (χ2n) is 6.63. The number of hydrogen-bond acceptors (Lipinski definition) is 5. The first-order valence-corrected chi connectivity index (χ1v) is 8.48. The van der Waals surface area contributed by atoms with Crippen molar-refractivity contribution in [2.75, 3.05) is 12.4 Å². The van der Waals surface area contributed by atoms with Crippen molar-refractivity contribution in [3.05, 3.63) is 75.5 Å². The van der Waals surface area contributed by atoms with Crippen LogP contribution in [0.5, 0.6) is 0 Å². The number of nitro groups is 1. The molecule has 0 aromatic heterocycles. The quantitative estimate of drug-likeness (QED) is 0.497. The number of rotatable bonds is 5. The first-order chi connectivity index (χ1) is 12.8. The maximum absolute atomic E-state index is 12.6. The Bertz CT molecular complexity index is 944. The van der Waals surface area contributed by atoms with Crippen LogP contribution < -0.4 is 5.32 Å². The number of amides is 2. The third kappa shape index (κ3) is 3.44. The largest absolute Gasteiger partial charge is 0.350 e. The molecule has 0 saturated carbocycles. The average Bonchev–Trinajstić information content (AvgIpc) is 2.86. The van der Waals surface area contributed by atoms with Gasteiger partial charge in [0.15, 0.2) is 0 Å². The third-order valence-corrected chi connectivity index (χ3v) is 4.50. The van der Waals surface area contributed by atoms with Gasteiger partial charge < -0.3 is 5.32 Å². The predicted molar refractivity (Wildman–Crippen MR) is 102 cm³/mol. The van der Waals surface area contributed by atoms with Gasteiger partial charge in [0.25, 0.3) is 17.5 Å². The van der Waals surface area contributed by atoms with Gasteiger partial charge >= 0.3 is 0 Å². The highest BCUT2D eigenvalue weighted by Crippen LogP contribution is 2.30. The van der Waals surface area contributed by atoms with E-state index in [-0.39, 0.29) is 17.0 Å². The average molecular weight is 365 g/mol. The van der Waals surface area contributed by atoms with Crippen molar-refractivity contribution in [3.8, 4) is 0 Å². The van der Waals surface area contributed by atoms with E-state index >= 15 is 0 Å². The van der Waals surface area contributed by atoms with E-state index in [2.05, 4.69) is 19.2 Å². The van der Waals surface area contributed by atoms with Gasteiger partial charge in [0.1, 0.15) is 5.70 Å². The molecule has 138 valence electrons. The van der Waals surface area contributed by atoms with E-state index in [1.807, 2.05) is 24.3 Å². The van der Waals surface area contributed by atoms with Gasteiger partial charge in [-0.3, -0.25) is 24.6 Å². The van der Waals surface area contributed by atoms with Crippen molar-refractivity contribution in [1.29, 1.82) is 0 Å². The summed E-state index contributed by atoms with van der Waals surface area (Å²) >= 11 is 0. The van der Waals surface area contributed by atoms with Crippen LogP contribution in [0.3, 0.4) is 0 Å². The number of likely N-dealkylation sites (N-methyl/N-ethyl adjacent to an activating group) is 1. The van der Waals surface area contributed by atoms with Crippen LogP contribution in [-0.2, 0) is 9.59 Å². The molecule has 27 heavy (non-hydrogen) atoms. The number of hydrogen-bond donors (Lipinski definition) is 1. The number of nitro benzene ring substituents is 1. The number of carbonyl (C=O) groups excluding carboxylic acids is 2. The van der Waals surface area contributed by atoms with Crippen molar-refractivity contribution in [2.45, 2.75) is 19.8 Å². The molecule has 0 aliphatic carbocycles. The van der Waals surface area contributed by atoms with Crippen molar-refractivity contribution >= 4 is 28.8 Å². The number of anilines is 1. The molecular weight excluding hydrogens is 346 g/mol. The van der Waals surface area contributed by atoms with Crippen molar-refractivity contribution in [2.24, 2.45) is 0 Å². The molecule has 0 bridgehead atoms. The van der Waals surface area contributed by atoms with Gasteiger partial charge in [0.05, 0.1) is 10.5 Å². The first kappa shape index (κ1) is 18.3. The highest BCUT2D eigenvalue weighted by Gasteiger charge is 2.36. The lowest BCUT2D eigenvalue weighted by atomic mass is 10.0. The lowest BCUT2D eigenvalue weighted by Crippen LogP contribution is -2.27. The summed E-state index contributed by atoms with van der Waals surface area (Å²) in [6.45, 7) is 4.18.